The maximum atomic E-state index is 5.21. The van der Waals surface area contributed by atoms with Crippen molar-refractivity contribution in [3.63, 3.8) is 0 Å². The normalized spacial score (nSPS) is 15.1. The third-order valence-corrected chi connectivity index (χ3v) is 3.99. The lowest BCUT2D eigenvalue weighted by atomic mass is 10.3. The second-order valence-corrected chi connectivity index (χ2v) is 5.82. The molecule has 0 atom stereocenters. The minimum absolute atomic E-state index is 0.677. The zero-order valence-corrected chi connectivity index (χ0v) is 11.2. The third kappa shape index (κ3) is 2.61. The van der Waals surface area contributed by atoms with Crippen LogP contribution in [-0.2, 0) is 6.42 Å². The number of hydrogen-bond donors (Lipinski definition) is 1. The second kappa shape index (κ2) is 4.31. The van der Waals surface area contributed by atoms with Gasteiger partial charge in [-0.05, 0) is 31.7 Å². The van der Waals surface area contributed by atoms with Gasteiger partial charge in [0.1, 0.15) is 15.5 Å². The lowest BCUT2D eigenvalue weighted by molar-refractivity contribution is 0.887. The molecule has 3 nitrogen and oxygen atoms in total. The topological polar surface area (TPSA) is 41.6 Å². The molecule has 0 aliphatic heterocycles. The van der Waals surface area contributed by atoms with Crippen LogP contribution in [0.4, 0.5) is 0 Å². The lowest BCUT2D eigenvalue weighted by Crippen LogP contribution is -2.00. The molecule has 5 heteroatoms. The fraction of sp³-hybridized carbons (Fsp3) is 0.417. The van der Waals surface area contributed by atoms with Gasteiger partial charge in [-0.2, -0.15) is 0 Å². The molecule has 0 spiro atoms. The summed E-state index contributed by atoms with van der Waals surface area (Å²) in [6.45, 7) is 2.01. The predicted octanol–water partition coefficient (Wildman–Crippen LogP) is 3.37. The van der Waals surface area contributed by atoms with E-state index in [0.717, 1.165) is 22.9 Å². The molecule has 2 aromatic rings. The molecule has 1 N–H and O–H groups in total. The van der Waals surface area contributed by atoms with Gasteiger partial charge >= 0.3 is 0 Å². The van der Waals surface area contributed by atoms with E-state index in [1.165, 1.54) is 18.5 Å². The largest absolute Gasteiger partial charge is 0.346 e. The number of rotatable bonds is 3. The number of aromatic amines is 1. The Balaban J connectivity index is 1.89. The van der Waals surface area contributed by atoms with Gasteiger partial charge in [0.25, 0.3) is 0 Å². The van der Waals surface area contributed by atoms with Crippen molar-refractivity contribution in [2.45, 2.75) is 32.1 Å². The summed E-state index contributed by atoms with van der Waals surface area (Å²) >= 11 is 6.88. The summed E-state index contributed by atoms with van der Waals surface area (Å²) in [5, 5.41) is 3.16. The molecular formula is C12H13N3S2. The Morgan fingerprint density at radius 1 is 1.47 bits per heavy atom. The molecule has 1 fully saturated rings. The van der Waals surface area contributed by atoms with Gasteiger partial charge in [0.2, 0.25) is 0 Å². The lowest BCUT2D eigenvalue weighted by Gasteiger charge is -2.03. The van der Waals surface area contributed by atoms with E-state index in [2.05, 4.69) is 20.3 Å². The summed E-state index contributed by atoms with van der Waals surface area (Å²) < 4.78 is 0.689. The third-order valence-electron chi connectivity index (χ3n) is 2.82. The van der Waals surface area contributed by atoms with Gasteiger partial charge in [-0.1, -0.05) is 12.2 Å². The van der Waals surface area contributed by atoms with Crippen LogP contribution in [0, 0.1) is 11.6 Å². The number of hydrogen-bond acceptors (Lipinski definition) is 4. The maximum absolute atomic E-state index is 5.21. The van der Waals surface area contributed by atoms with E-state index in [4.69, 9.17) is 12.2 Å². The van der Waals surface area contributed by atoms with E-state index >= 15 is 0 Å². The first-order valence-electron chi connectivity index (χ1n) is 5.72. The van der Waals surface area contributed by atoms with E-state index in [9.17, 15) is 0 Å². The van der Waals surface area contributed by atoms with Crippen molar-refractivity contribution >= 4 is 23.6 Å². The first-order chi connectivity index (χ1) is 8.20. The van der Waals surface area contributed by atoms with Crippen molar-refractivity contribution in [2.75, 3.05) is 0 Å². The quantitative estimate of drug-likeness (QED) is 0.863. The monoisotopic (exact) mass is 263 g/mol. The van der Waals surface area contributed by atoms with Gasteiger partial charge in [0.15, 0.2) is 0 Å². The first kappa shape index (κ1) is 11.0. The van der Waals surface area contributed by atoms with Crippen molar-refractivity contribution in [3.05, 3.63) is 38.3 Å². The van der Waals surface area contributed by atoms with Gasteiger partial charge < -0.3 is 4.98 Å². The Kier molecular flexibility index (Phi) is 2.80. The van der Waals surface area contributed by atoms with E-state index < -0.39 is 0 Å². The molecule has 1 saturated carbocycles. The minimum Gasteiger partial charge on any atom is -0.346 e. The molecule has 17 heavy (non-hydrogen) atoms. The summed E-state index contributed by atoms with van der Waals surface area (Å²) in [6, 6.07) is 1.99. The molecule has 0 unspecified atom stereocenters. The predicted molar refractivity (Wildman–Crippen MR) is 71.1 cm³/mol. The zero-order valence-electron chi connectivity index (χ0n) is 9.56. The van der Waals surface area contributed by atoms with Crippen molar-refractivity contribution in [1.29, 1.82) is 0 Å². The second-order valence-electron chi connectivity index (χ2n) is 4.46. The number of H-pyrrole nitrogens is 1. The van der Waals surface area contributed by atoms with E-state index in [0.29, 0.717) is 10.6 Å². The smallest absolute Gasteiger partial charge is 0.130 e. The Bertz CT molecular complexity index is 596. The highest BCUT2D eigenvalue weighted by Crippen LogP contribution is 2.38. The van der Waals surface area contributed by atoms with Gasteiger partial charge in [-0.25, -0.2) is 9.97 Å². The van der Waals surface area contributed by atoms with Crippen LogP contribution in [0.3, 0.4) is 0 Å². The fourth-order valence-corrected chi connectivity index (χ4v) is 2.87. The molecule has 0 radical (unpaired) electrons. The van der Waals surface area contributed by atoms with Gasteiger partial charge in [-0.15, -0.1) is 11.3 Å². The molecule has 0 saturated heterocycles. The highest BCUT2D eigenvalue weighted by atomic mass is 32.1. The van der Waals surface area contributed by atoms with Crippen LogP contribution >= 0.6 is 23.6 Å². The van der Waals surface area contributed by atoms with Crippen LogP contribution in [0.2, 0.25) is 0 Å². The molecule has 0 bridgehead atoms. The van der Waals surface area contributed by atoms with E-state index in [1.54, 1.807) is 11.3 Å². The van der Waals surface area contributed by atoms with Crippen molar-refractivity contribution in [3.8, 4) is 0 Å². The van der Waals surface area contributed by atoms with Crippen molar-refractivity contribution < 1.29 is 0 Å². The molecule has 1 aliphatic rings. The maximum Gasteiger partial charge on any atom is 0.130 e. The first-order valence-corrected chi connectivity index (χ1v) is 7.00. The molecule has 0 aromatic carbocycles. The van der Waals surface area contributed by atoms with Crippen LogP contribution in [0.1, 0.15) is 41.0 Å². The number of nitrogens with one attached hydrogen (secondary N) is 1. The summed E-state index contributed by atoms with van der Waals surface area (Å²) in [5.41, 5.74) is 2.32. The minimum atomic E-state index is 0.677. The molecule has 1 aliphatic carbocycles. The average molecular weight is 263 g/mol. The Hall–Kier alpha value is -1.07. The van der Waals surface area contributed by atoms with Crippen LogP contribution < -0.4 is 0 Å². The Morgan fingerprint density at radius 2 is 2.29 bits per heavy atom. The highest BCUT2D eigenvalue weighted by molar-refractivity contribution is 7.71. The molecular weight excluding hydrogens is 250 g/mol. The molecule has 88 valence electrons. The van der Waals surface area contributed by atoms with Gasteiger partial charge in [0.05, 0.1) is 6.42 Å². The summed E-state index contributed by atoms with van der Waals surface area (Å²) in [4.78, 5) is 12.2. The fourth-order valence-electron chi connectivity index (χ4n) is 1.85. The SMILES string of the molecule is Cc1csc(Cc2nc(=S)cc(C3CC3)[nH]2)n1. The van der Waals surface area contributed by atoms with Gasteiger partial charge in [-0.3, -0.25) is 0 Å². The van der Waals surface area contributed by atoms with E-state index in [-0.39, 0.29) is 0 Å². The Labute approximate surface area is 109 Å². The van der Waals surface area contributed by atoms with E-state index in [1.807, 2.05) is 13.0 Å². The molecule has 2 heterocycles. The van der Waals surface area contributed by atoms with Crippen LogP contribution in [0.15, 0.2) is 11.4 Å². The molecule has 2 aromatic heterocycles. The number of nitrogens with zero attached hydrogens (tertiary/aromatic N) is 2. The summed E-state index contributed by atoms with van der Waals surface area (Å²) in [5.74, 6) is 1.62. The number of aromatic nitrogens is 3. The van der Waals surface area contributed by atoms with Crippen molar-refractivity contribution in [1.82, 2.24) is 15.0 Å². The summed E-state index contributed by atoms with van der Waals surface area (Å²) in [7, 11) is 0. The van der Waals surface area contributed by atoms with Crippen LogP contribution in [-0.4, -0.2) is 15.0 Å². The van der Waals surface area contributed by atoms with Crippen molar-refractivity contribution in [2.24, 2.45) is 0 Å². The van der Waals surface area contributed by atoms with Gasteiger partial charge in [0, 0.05) is 16.8 Å². The standard InChI is InChI=1S/C12H13N3S2/c1-7-6-17-12(13-7)5-10-14-9(8-2-3-8)4-11(16)15-10/h4,6,8H,2-3,5H2,1H3,(H,14,15,16). The molecule has 3 rings (SSSR count). The summed E-state index contributed by atoms with van der Waals surface area (Å²) in [6.07, 6.45) is 3.29. The molecule has 0 amide bonds. The Morgan fingerprint density at radius 3 is 2.94 bits per heavy atom. The highest BCUT2D eigenvalue weighted by Gasteiger charge is 2.24. The number of thiazole rings is 1. The number of aryl methyl sites for hydroxylation is 1. The average Bonchev–Trinajstić information content (AvgIpc) is 3.03. The van der Waals surface area contributed by atoms with Crippen LogP contribution in [0.25, 0.3) is 0 Å². The zero-order chi connectivity index (χ0) is 11.8. The van der Waals surface area contributed by atoms with Crippen LogP contribution in [0.5, 0.6) is 0 Å².